The molecule has 4 atom stereocenters. The van der Waals surface area contributed by atoms with Gasteiger partial charge >= 0.3 is 7.48 Å². The zero-order chi connectivity index (χ0) is 17.2. The van der Waals surface area contributed by atoms with Gasteiger partial charge in [-0.3, -0.25) is 14.6 Å². The van der Waals surface area contributed by atoms with Crippen LogP contribution in [0.4, 0.5) is 0 Å². The molecule has 1 aromatic carbocycles. The van der Waals surface area contributed by atoms with Gasteiger partial charge in [0, 0.05) is 25.7 Å². The molecule has 2 unspecified atom stereocenters. The fourth-order valence-electron chi connectivity index (χ4n) is 2.55. The monoisotopic (exact) mass is 368 g/mol. The zero-order valence-electron chi connectivity index (χ0n) is 13.7. The molecule has 0 spiro atoms. The molecule has 0 amide bonds. The molecule has 1 radical (unpaired) electrons. The first-order chi connectivity index (χ1) is 11.7. The van der Waals surface area contributed by atoms with E-state index in [1.54, 1.807) is 0 Å². The number of nitrogens with one attached hydrogen (secondary N) is 2. The molecular weight excluding hydrogens is 343 g/mol. The van der Waals surface area contributed by atoms with Crippen molar-refractivity contribution < 1.29 is 14.3 Å². The van der Waals surface area contributed by atoms with E-state index in [9.17, 15) is 4.79 Å². The van der Waals surface area contributed by atoms with Crippen molar-refractivity contribution in [3.8, 4) is 0 Å². The first kappa shape index (κ1) is 19.9. The van der Waals surface area contributed by atoms with Crippen LogP contribution < -0.4 is 10.6 Å². The molecule has 1 saturated heterocycles. The number of rotatable bonds is 10. The quantitative estimate of drug-likeness (QED) is 0.277. The maximum absolute atomic E-state index is 12.2. The van der Waals surface area contributed by atoms with E-state index in [2.05, 4.69) is 29.3 Å². The van der Waals surface area contributed by atoms with Crippen LogP contribution in [-0.4, -0.2) is 49.6 Å². The Bertz CT molecular complexity index is 498. The predicted octanol–water partition coefficient (Wildman–Crippen LogP) is 0.873. The Hall–Kier alpha value is -0.385. The van der Waals surface area contributed by atoms with Crippen LogP contribution in [0.3, 0.4) is 0 Å². The van der Waals surface area contributed by atoms with Crippen LogP contribution in [0.5, 0.6) is 0 Å². The molecule has 0 saturated carbocycles. The molecule has 1 heterocycles. The van der Waals surface area contributed by atoms with Crippen LogP contribution in [0.1, 0.15) is 18.4 Å². The number of nitrogens with zero attached hydrogens (tertiary/aromatic N) is 1. The van der Waals surface area contributed by atoms with Gasteiger partial charge in [-0.15, -0.1) is 0 Å². The van der Waals surface area contributed by atoms with Crippen LogP contribution in [0.15, 0.2) is 30.3 Å². The summed E-state index contributed by atoms with van der Waals surface area (Å²) in [5.74, 6) is 0. The number of hydrogen-bond acceptors (Lipinski definition) is 6. The Balaban J connectivity index is 1.65. The van der Waals surface area contributed by atoms with Gasteiger partial charge in [0.2, 0.25) is 0 Å². The average molecular weight is 368 g/mol. The molecule has 0 aromatic heterocycles. The van der Waals surface area contributed by atoms with Gasteiger partial charge < -0.3 is 9.45 Å². The normalized spacial score (nSPS) is 21.6. The van der Waals surface area contributed by atoms with Gasteiger partial charge in [0.1, 0.15) is 5.68 Å². The summed E-state index contributed by atoms with van der Waals surface area (Å²) in [6.45, 7) is 2.43. The lowest BCUT2D eigenvalue weighted by Crippen LogP contribution is -2.50. The molecule has 1 aliphatic rings. The standard InChI is InChI=1S/C15H25BN3O3P2/c20-15(16-21-9-8-17-23)14-7-6-13(10-19(14)24)18-22-11-12-4-2-1-3-5-12/h1-5,13-14,17-18H,6-11,23-24H2/t13-,14+/m1/s1. The second kappa shape index (κ2) is 11.3. The van der Waals surface area contributed by atoms with Gasteiger partial charge in [-0.2, -0.15) is 5.48 Å². The summed E-state index contributed by atoms with van der Waals surface area (Å²) in [7, 11) is 6.37. The van der Waals surface area contributed by atoms with Gasteiger partial charge in [-0.25, -0.2) is 0 Å². The van der Waals surface area contributed by atoms with Gasteiger partial charge in [0.05, 0.1) is 12.6 Å². The minimum atomic E-state index is -0.147. The molecule has 0 aliphatic carbocycles. The molecule has 9 heteroatoms. The topological polar surface area (TPSA) is 62.8 Å². The van der Waals surface area contributed by atoms with Gasteiger partial charge in [-0.1, -0.05) is 49.1 Å². The van der Waals surface area contributed by atoms with Crippen molar-refractivity contribution in [3.05, 3.63) is 35.9 Å². The molecule has 0 bridgehead atoms. The van der Waals surface area contributed by atoms with E-state index in [0.717, 1.165) is 24.9 Å². The van der Waals surface area contributed by atoms with Crippen molar-refractivity contribution in [2.24, 2.45) is 0 Å². The van der Waals surface area contributed by atoms with E-state index < -0.39 is 0 Å². The first-order valence-electron chi connectivity index (χ1n) is 8.05. The minimum absolute atomic E-state index is 0.0115. The largest absolute Gasteiger partial charge is 0.430 e. The summed E-state index contributed by atoms with van der Waals surface area (Å²) in [6.07, 6.45) is 1.66. The van der Waals surface area contributed by atoms with Crippen LogP contribution >= 0.6 is 18.8 Å². The molecule has 131 valence electrons. The third kappa shape index (κ3) is 6.85. The van der Waals surface area contributed by atoms with E-state index >= 15 is 0 Å². The molecule has 6 nitrogen and oxygen atoms in total. The Morgan fingerprint density at radius 1 is 1.33 bits per heavy atom. The Morgan fingerprint density at radius 2 is 2.12 bits per heavy atom. The Labute approximate surface area is 149 Å². The number of benzene rings is 1. The molecule has 1 aliphatic heterocycles. The fourth-order valence-corrected chi connectivity index (χ4v) is 3.22. The van der Waals surface area contributed by atoms with Crippen LogP contribution in [0.2, 0.25) is 0 Å². The van der Waals surface area contributed by atoms with Gasteiger partial charge in [0.25, 0.3) is 0 Å². The smallest absolute Gasteiger partial charge is 0.378 e. The van der Waals surface area contributed by atoms with Crippen molar-refractivity contribution in [3.63, 3.8) is 0 Å². The second-order valence-electron chi connectivity index (χ2n) is 5.72. The highest BCUT2D eigenvalue weighted by Gasteiger charge is 2.31. The molecule has 24 heavy (non-hydrogen) atoms. The van der Waals surface area contributed by atoms with E-state index in [4.69, 9.17) is 9.49 Å². The first-order valence-corrected chi connectivity index (χ1v) is 9.14. The highest BCUT2D eigenvalue weighted by atomic mass is 31.0. The summed E-state index contributed by atoms with van der Waals surface area (Å²) in [5.41, 5.74) is 4.24. The third-order valence-electron chi connectivity index (χ3n) is 3.84. The molecular formula is C15H25BN3O3P2. The lowest BCUT2D eigenvalue weighted by atomic mass is 9.83. The lowest BCUT2D eigenvalue weighted by Gasteiger charge is -2.36. The number of carbonyl (C=O) groups excluding carboxylic acids is 1. The highest BCUT2D eigenvalue weighted by molar-refractivity contribution is 7.13. The van der Waals surface area contributed by atoms with Crippen LogP contribution in [0, 0.1) is 0 Å². The number of hydroxylamine groups is 1. The minimum Gasteiger partial charge on any atom is -0.430 e. The predicted molar refractivity (Wildman–Crippen MR) is 102 cm³/mol. The number of hydrogen-bond donors (Lipinski definition) is 2. The van der Waals surface area contributed by atoms with Crippen molar-refractivity contribution in [1.82, 2.24) is 15.2 Å². The maximum Gasteiger partial charge on any atom is 0.378 e. The van der Waals surface area contributed by atoms with Crippen molar-refractivity contribution in [1.29, 1.82) is 0 Å². The summed E-state index contributed by atoms with van der Waals surface area (Å²) in [6, 6.07) is 10.1. The highest BCUT2D eigenvalue weighted by Crippen LogP contribution is 2.21. The van der Waals surface area contributed by atoms with Crippen molar-refractivity contribution in [2.45, 2.75) is 31.5 Å². The fraction of sp³-hybridized carbons (Fsp3) is 0.533. The molecule has 1 fully saturated rings. The summed E-state index contributed by atoms with van der Waals surface area (Å²) in [5, 5.41) is 2.89. The van der Waals surface area contributed by atoms with Crippen molar-refractivity contribution >= 4 is 31.9 Å². The van der Waals surface area contributed by atoms with E-state index in [0.29, 0.717) is 19.8 Å². The molecule has 1 aromatic rings. The van der Waals surface area contributed by atoms with E-state index in [1.807, 2.05) is 35.0 Å². The Morgan fingerprint density at radius 3 is 2.83 bits per heavy atom. The SMILES string of the molecule is O=C([B]OCCNP)[C@@H]1CC[C@@H](NOCc2ccccc2)CN1P. The van der Waals surface area contributed by atoms with E-state index in [-0.39, 0.29) is 17.8 Å². The second-order valence-corrected chi connectivity index (χ2v) is 6.80. The maximum atomic E-state index is 12.2. The van der Waals surface area contributed by atoms with Crippen LogP contribution in [-0.2, 0) is 20.9 Å². The summed E-state index contributed by atoms with van der Waals surface area (Å²) in [4.78, 5) is 17.7. The van der Waals surface area contributed by atoms with Crippen molar-refractivity contribution in [2.75, 3.05) is 19.7 Å². The van der Waals surface area contributed by atoms with Crippen LogP contribution in [0.25, 0.3) is 0 Å². The Kier molecular flexibility index (Phi) is 9.36. The van der Waals surface area contributed by atoms with Gasteiger partial charge in [0.15, 0.2) is 0 Å². The number of carbonyl (C=O) groups is 1. The zero-order valence-corrected chi connectivity index (χ0v) is 16.0. The number of piperidine rings is 1. The third-order valence-corrected chi connectivity index (χ3v) is 4.70. The molecule has 2 N–H and O–H groups in total. The van der Waals surface area contributed by atoms with E-state index in [1.165, 1.54) is 7.48 Å². The average Bonchev–Trinajstić information content (AvgIpc) is 2.59. The van der Waals surface area contributed by atoms with Gasteiger partial charge in [-0.05, 0) is 18.4 Å². The summed E-state index contributed by atoms with van der Waals surface area (Å²) < 4.78 is 7.23. The molecule has 2 rings (SSSR count). The summed E-state index contributed by atoms with van der Waals surface area (Å²) >= 11 is 0. The lowest BCUT2D eigenvalue weighted by molar-refractivity contribution is -0.117.